The van der Waals surface area contributed by atoms with Crippen LogP contribution in [0.4, 0.5) is 5.69 Å². The highest BCUT2D eigenvalue weighted by atomic mass is 16.6. The van der Waals surface area contributed by atoms with Crippen LogP contribution in [0.1, 0.15) is 30.0 Å². The van der Waals surface area contributed by atoms with Gasteiger partial charge in [-0.3, -0.25) is 10.1 Å². The molecule has 6 heteroatoms. The third kappa shape index (κ3) is 2.22. The van der Waals surface area contributed by atoms with Gasteiger partial charge >= 0.3 is 0 Å². The Labute approximate surface area is 109 Å². The van der Waals surface area contributed by atoms with Crippen LogP contribution in [0.25, 0.3) is 5.69 Å². The molecule has 2 aromatic rings. The number of nitrogens with zero attached hydrogens (tertiary/aromatic N) is 3. The van der Waals surface area contributed by atoms with Crippen LogP contribution in [0.3, 0.4) is 0 Å². The summed E-state index contributed by atoms with van der Waals surface area (Å²) in [5, 5.41) is 24.5. The highest BCUT2D eigenvalue weighted by Crippen LogP contribution is 2.39. The molecule has 0 aliphatic heterocycles. The summed E-state index contributed by atoms with van der Waals surface area (Å²) >= 11 is 0. The first-order valence-corrected chi connectivity index (χ1v) is 6.13. The summed E-state index contributed by atoms with van der Waals surface area (Å²) in [7, 11) is 0. The van der Waals surface area contributed by atoms with Crippen LogP contribution >= 0.6 is 0 Å². The molecule has 1 saturated carbocycles. The maximum absolute atomic E-state index is 11.1. The number of benzene rings is 1. The smallest absolute Gasteiger partial charge is 0.295 e. The summed E-state index contributed by atoms with van der Waals surface area (Å²) in [6.45, 7) is -0.215. The number of aromatic nitrogens is 2. The Kier molecular flexibility index (Phi) is 2.79. The van der Waals surface area contributed by atoms with E-state index in [0.717, 1.165) is 18.5 Å². The Morgan fingerprint density at radius 2 is 2.21 bits per heavy atom. The van der Waals surface area contributed by atoms with Crippen molar-refractivity contribution in [3.8, 4) is 5.69 Å². The second-order valence-electron chi connectivity index (χ2n) is 4.70. The fourth-order valence-electron chi connectivity index (χ4n) is 2.08. The third-order valence-corrected chi connectivity index (χ3v) is 3.27. The Bertz CT molecular complexity index is 632. The molecule has 1 aliphatic carbocycles. The largest absolute Gasteiger partial charge is 0.392 e. The highest BCUT2D eigenvalue weighted by Gasteiger charge is 2.26. The number of hydrogen-bond donors (Lipinski definition) is 1. The standard InChI is InChI=1S/C13H13N3O3/c17-8-9-1-4-12(13(7-9)16(18)19)15-6-5-11(14-15)10-2-3-10/h1,4-7,10,17H,2-3,8H2. The van der Waals surface area contributed by atoms with Crippen molar-refractivity contribution in [1.29, 1.82) is 0 Å². The average Bonchev–Trinajstić information content (AvgIpc) is 3.16. The molecule has 1 N–H and O–H groups in total. The monoisotopic (exact) mass is 259 g/mol. The summed E-state index contributed by atoms with van der Waals surface area (Å²) in [4.78, 5) is 10.6. The minimum absolute atomic E-state index is 0.0444. The summed E-state index contributed by atoms with van der Waals surface area (Å²) in [6.07, 6.45) is 4.03. The summed E-state index contributed by atoms with van der Waals surface area (Å²) in [5.41, 5.74) is 1.89. The van der Waals surface area contributed by atoms with Crippen LogP contribution < -0.4 is 0 Å². The van der Waals surface area contributed by atoms with Gasteiger partial charge in [0, 0.05) is 18.2 Å². The van der Waals surface area contributed by atoms with Gasteiger partial charge in [-0.25, -0.2) is 4.68 Å². The quantitative estimate of drug-likeness (QED) is 0.673. The van der Waals surface area contributed by atoms with Gasteiger partial charge in [-0.1, -0.05) is 6.07 Å². The fraction of sp³-hybridized carbons (Fsp3) is 0.308. The molecule has 1 aromatic heterocycles. The number of hydrogen-bond acceptors (Lipinski definition) is 4. The molecule has 6 nitrogen and oxygen atoms in total. The van der Waals surface area contributed by atoms with E-state index in [2.05, 4.69) is 5.10 Å². The molecular weight excluding hydrogens is 246 g/mol. The van der Waals surface area contributed by atoms with Gasteiger partial charge in [-0.05, 0) is 30.5 Å². The van der Waals surface area contributed by atoms with Crippen LogP contribution in [0.5, 0.6) is 0 Å². The Morgan fingerprint density at radius 1 is 1.42 bits per heavy atom. The van der Waals surface area contributed by atoms with Crippen LogP contribution in [-0.2, 0) is 6.61 Å². The van der Waals surface area contributed by atoms with E-state index < -0.39 is 4.92 Å². The van der Waals surface area contributed by atoms with Gasteiger partial charge in [-0.2, -0.15) is 5.10 Å². The van der Waals surface area contributed by atoms with E-state index in [9.17, 15) is 10.1 Å². The van der Waals surface area contributed by atoms with Crippen molar-refractivity contribution in [3.63, 3.8) is 0 Å². The van der Waals surface area contributed by atoms with E-state index in [1.165, 1.54) is 10.7 Å². The molecule has 1 heterocycles. The molecule has 0 atom stereocenters. The normalized spacial score (nSPS) is 14.6. The molecule has 0 bridgehead atoms. The SMILES string of the molecule is O=[N+]([O-])c1cc(CO)ccc1-n1ccc(C2CC2)n1. The van der Waals surface area contributed by atoms with E-state index in [1.807, 2.05) is 6.07 Å². The van der Waals surface area contributed by atoms with Crippen molar-refractivity contribution in [2.45, 2.75) is 25.4 Å². The van der Waals surface area contributed by atoms with Crippen molar-refractivity contribution >= 4 is 5.69 Å². The Hall–Kier alpha value is -2.21. The molecule has 98 valence electrons. The molecule has 0 unspecified atom stereocenters. The number of aliphatic hydroxyl groups excluding tert-OH is 1. The van der Waals surface area contributed by atoms with E-state index >= 15 is 0 Å². The number of rotatable bonds is 4. The fourth-order valence-corrected chi connectivity index (χ4v) is 2.08. The maximum Gasteiger partial charge on any atom is 0.295 e. The lowest BCUT2D eigenvalue weighted by Crippen LogP contribution is -2.02. The molecule has 19 heavy (non-hydrogen) atoms. The second-order valence-corrected chi connectivity index (χ2v) is 4.70. The van der Waals surface area contributed by atoms with Crippen molar-refractivity contribution in [2.75, 3.05) is 0 Å². The van der Waals surface area contributed by atoms with Gasteiger partial charge in [0.05, 0.1) is 17.2 Å². The molecule has 3 rings (SSSR count). The van der Waals surface area contributed by atoms with Gasteiger partial charge in [0.25, 0.3) is 5.69 Å². The van der Waals surface area contributed by atoms with Crippen molar-refractivity contribution in [1.82, 2.24) is 9.78 Å². The summed E-state index contributed by atoms with van der Waals surface area (Å²) in [6, 6.07) is 6.57. The second kappa shape index (κ2) is 4.47. The topological polar surface area (TPSA) is 81.2 Å². The minimum Gasteiger partial charge on any atom is -0.392 e. The Morgan fingerprint density at radius 3 is 2.84 bits per heavy atom. The zero-order valence-electron chi connectivity index (χ0n) is 10.2. The molecular formula is C13H13N3O3. The summed E-state index contributed by atoms with van der Waals surface area (Å²) in [5.74, 6) is 0.511. The number of aliphatic hydroxyl groups is 1. The minimum atomic E-state index is -0.451. The third-order valence-electron chi connectivity index (χ3n) is 3.27. The first-order valence-electron chi connectivity index (χ1n) is 6.13. The van der Waals surface area contributed by atoms with E-state index in [0.29, 0.717) is 17.2 Å². The lowest BCUT2D eigenvalue weighted by Gasteiger charge is -2.04. The maximum atomic E-state index is 11.1. The van der Waals surface area contributed by atoms with Crippen LogP contribution in [0.2, 0.25) is 0 Å². The number of nitro benzene ring substituents is 1. The van der Waals surface area contributed by atoms with E-state index in [1.54, 1.807) is 18.3 Å². The summed E-state index contributed by atoms with van der Waals surface area (Å²) < 4.78 is 1.53. The highest BCUT2D eigenvalue weighted by molar-refractivity contribution is 5.53. The van der Waals surface area contributed by atoms with Crippen LogP contribution in [0, 0.1) is 10.1 Å². The predicted octanol–water partition coefficient (Wildman–Crippen LogP) is 2.15. The molecule has 1 aromatic carbocycles. The lowest BCUT2D eigenvalue weighted by atomic mass is 10.2. The first-order chi connectivity index (χ1) is 9.19. The van der Waals surface area contributed by atoms with E-state index in [4.69, 9.17) is 5.11 Å². The zero-order chi connectivity index (χ0) is 13.4. The lowest BCUT2D eigenvalue weighted by molar-refractivity contribution is -0.384. The van der Waals surface area contributed by atoms with Gasteiger partial charge in [0.2, 0.25) is 0 Å². The molecule has 1 aliphatic rings. The van der Waals surface area contributed by atoms with E-state index in [-0.39, 0.29) is 12.3 Å². The van der Waals surface area contributed by atoms with Crippen LogP contribution in [-0.4, -0.2) is 19.8 Å². The first kappa shape index (κ1) is 11.9. The van der Waals surface area contributed by atoms with Gasteiger partial charge in [0.1, 0.15) is 5.69 Å². The van der Waals surface area contributed by atoms with Crippen molar-refractivity contribution < 1.29 is 10.0 Å². The number of nitro groups is 1. The molecule has 0 amide bonds. The van der Waals surface area contributed by atoms with Gasteiger partial charge in [-0.15, -0.1) is 0 Å². The molecule has 0 saturated heterocycles. The van der Waals surface area contributed by atoms with Gasteiger partial charge in [0.15, 0.2) is 0 Å². The van der Waals surface area contributed by atoms with Crippen molar-refractivity contribution in [2.24, 2.45) is 0 Å². The van der Waals surface area contributed by atoms with Gasteiger partial charge < -0.3 is 5.11 Å². The Balaban J connectivity index is 2.04. The molecule has 1 fully saturated rings. The zero-order valence-corrected chi connectivity index (χ0v) is 10.2. The predicted molar refractivity (Wildman–Crippen MR) is 68.1 cm³/mol. The molecule has 0 radical (unpaired) electrons. The van der Waals surface area contributed by atoms with Crippen molar-refractivity contribution in [3.05, 3.63) is 51.8 Å². The average molecular weight is 259 g/mol. The van der Waals surface area contributed by atoms with Crippen LogP contribution in [0.15, 0.2) is 30.5 Å². The molecule has 0 spiro atoms.